The molecule has 26 heteroatoms. The third-order valence-corrected chi connectivity index (χ3v) is 13.0. The van der Waals surface area contributed by atoms with Gasteiger partial charge < -0.3 is 99.8 Å². The summed E-state index contributed by atoms with van der Waals surface area (Å²) in [4.78, 5) is 82.3. The second kappa shape index (κ2) is 26.6. The number of rotatable bonds is 16. The summed E-state index contributed by atoms with van der Waals surface area (Å²) >= 11 is 0. The molecule has 10 N–H and O–H groups in total. The monoisotopic (exact) mass is 1130 g/mol. The minimum atomic E-state index is -1.90. The van der Waals surface area contributed by atoms with Gasteiger partial charge in [-0.25, -0.2) is 24.0 Å². The molecule has 2 saturated heterocycles. The van der Waals surface area contributed by atoms with Gasteiger partial charge >= 0.3 is 30.5 Å². The Bertz CT molecular complexity index is 2160. The molecule has 0 spiro atoms. The first-order chi connectivity index (χ1) is 36.2. The van der Waals surface area contributed by atoms with Gasteiger partial charge in [-0.3, -0.25) is 4.79 Å². The van der Waals surface area contributed by atoms with Crippen molar-refractivity contribution < 1.29 is 92.2 Å². The number of hydrogen-bond donors (Lipinski definition) is 10. The average molecular weight is 1130 g/mol. The molecular weight excluding hydrogens is 1040 g/mol. The van der Waals surface area contributed by atoms with Gasteiger partial charge in [-0.2, -0.15) is 0 Å². The van der Waals surface area contributed by atoms with Crippen LogP contribution in [0.4, 0.5) is 24.0 Å². The summed E-state index contributed by atoms with van der Waals surface area (Å²) in [6, 6.07) is -5.06. The minimum absolute atomic E-state index is 0.0123. The van der Waals surface area contributed by atoms with Gasteiger partial charge in [-0.05, 0) is 135 Å². The predicted octanol–water partition coefficient (Wildman–Crippen LogP) is 2.76. The zero-order chi connectivity index (χ0) is 59.8. The molecule has 12 atom stereocenters. The lowest BCUT2D eigenvalue weighted by molar-refractivity contribution is -0.305. The maximum absolute atomic E-state index is 14.0. The van der Waals surface area contributed by atoms with Crippen LogP contribution >= 0.6 is 0 Å². The van der Waals surface area contributed by atoms with E-state index < -0.39 is 143 Å². The molecule has 4 rings (SSSR count). The third-order valence-electron chi connectivity index (χ3n) is 13.0. The van der Waals surface area contributed by atoms with Crippen LogP contribution < -0.4 is 26.6 Å². The molecule has 1 saturated carbocycles. The standard InChI is InChI=1S/C53H91N7O19/c1-29(2)73-44(66)57-31-18-17-30(26-54-27-53(71)20-23-60(24-21-53)47(69)79-51(12,13)14)74-38(31)35-32(58-45(67)77-49(6,7)8)25-33(56-41(64)34(61)19-22-55-43(65)76-48(3,4)5)39(36(35)62)75-42-37(63)40(52(15,70)28-72-42)59(16)46(68)78-50(9,10)11/h17,31-40,42,54,61-63,70-71H,1,18-28H2,2-16H3,(H,55,65)(H,56,64)(H,57,66)(H,58,67)/t31-,32+,33-,34+,35?,36+,37-,38+,39+,40-,42-,52+/m1/s1. The number of nitrogens with zero attached hydrogens (tertiary/aromatic N) is 2. The fourth-order valence-corrected chi connectivity index (χ4v) is 9.63. The number of alkyl carbamates (subject to hydrolysis) is 3. The maximum atomic E-state index is 14.0. The maximum Gasteiger partial charge on any atom is 0.412 e. The Morgan fingerprint density at radius 2 is 1.38 bits per heavy atom. The molecule has 1 unspecified atom stereocenters. The van der Waals surface area contributed by atoms with Gasteiger partial charge in [0.15, 0.2) is 6.29 Å². The molecule has 6 amide bonds. The van der Waals surface area contributed by atoms with Crippen molar-refractivity contribution in [1.29, 1.82) is 0 Å². The summed E-state index contributed by atoms with van der Waals surface area (Å²) in [5.41, 5.74) is -6.65. The van der Waals surface area contributed by atoms with Gasteiger partial charge in [0.05, 0.1) is 48.7 Å². The quantitative estimate of drug-likeness (QED) is 0.0784. The van der Waals surface area contributed by atoms with Crippen molar-refractivity contribution in [3.05, 3.63) is 24.2 Å². The lowest BCUT2D eigenvalue weighted by Gasteiger charge is -2.52. The van der Waals surface area contributed by atoms with E-state index in [1.54, 1.807) is 89.2 Å². The molecule has 3 heterocycles. The number of likely N-dealkylation sites (tertiary alicyclic amines) is 1. The van der Waals surface area contributed by atoms with E-state index in [1.165, 1.54) is 25.8 Å². The fourth-order valence-electron chi connectivity index (χ4n) is 9.63. The van der Waals surface area contributed by atoms with Crippen LogP contribution in [0.3, 0.4) is 0 Å². The van der Waals surface area contributed by atoms with E-state index in [4.69, 9.17) is 37.9 Å². The van der Waals surface area contributed by atoms with E-state index in [-0.39, 0.29) is 70.6 Å². The molecule has 0 aromatic rings. The molecular formula is C53H91N7O19. The summed E-state index contributed by atoms with van der Waals surface area (Å²) in [5, 5.41) is 73.4. The number of piperidine rings is 1. The Labute approximate surface area is 463 Å². The molecule has 79 heavy (non-hydrogen) atoms. The molecule has 0 aromatic heterocycles. The second-order valence-electron chi connectivity index (χ2n) is 25.2. The summed E-state index contributed by atoms with van der Waals surface area (Å²) in [5.74, 6) is -1.96. The van der Waals surface area contributed by atoms with E-state index in [0.717, 1.165) is 4.90 Å². The van der Waals surface area contributed by atoms with Crippen LogP contribution in [-0.4, -0.2) is 213 Å². The van der Waals surface area contributed by atoms with Crippen LogP contribution in [-0.2, 0) is 42.7 Å². The second-order valence-corrected chi connectivity index (χ2v) is 25.2. The van der Waals surface area contributed by atoms with E-state index >= 15 is 0 Å². The number of hydrogen-bond acceptors (Lipinski definition) is 20. The van der Waals surface area contributed by atoms with Crippen LogP contribution in [0.25, 0.3) is 0 Å². The first-order valence-corrected chi connectivity index (χ1v) is 26.8. The van der Waals surface area contributed by atoms with Crippen LogP contribution in [0.5, 0.6) is 0 Å². The molecule has 3 aliphatic heterocycles. The fraction of sp³-hybridized carbons (Fsp3) is 0.811. The van der Waals surface area contributed by atoms with Crippen LogP contribution in [0.1, 0.15) is 129 Å². The number of ether oxygens (including phenoxy) is 8. The zero-order valence-electron chi connectivity index (χ0n) is 48.8. The third kappa shape index (κ3) is 20.7. The Morgan fingerprint density at radius 1 is 0.810 bits per heavy atom. The molecule has 0 bridgehead atoms. The first kappa shape index (κ1) is 66.3. The summed E-state index contributed by atoms with van der Waals surface area (Å²) < 4.78 is 46.4. The van der Waals surface area contributed by atoms with Gasteiger partial charge in [-0.1, -0.05) is 6.58 Å². The minimum Gasteiger partial charge on any atom is -0.491 e. The highest BCUT2D eigenvalue weighted by atomic mass is 16.7. The number of carbonyl (C=O) groups is 6. The van der Waals surface area contributed by atoms with E-state index in [0.29, 0.717) is 5.76 Å². The van der Waals surface area contributed by atoms with Crippen LogP contribution in [0, 0.1) is 5.92 Å². The molecule has 3 fully saturated rings. The van der Waals surface area contributed by atoms with Crippen LogP contribution in [0.15, 0.2) is 24.2 Å². The molecule has 452 valence electrons. The number of aliphatic hydroxyl groups excluding tert-OH is 3. The topological polar surface area (TPSA) is 344 Å². The normalized spacial score (nSPS) is 28.8. The molecule has 0 aromatic carbocycles. The SMILES string of the molecule is C=C(C)OC(=O)N[C@@H]1CC=C(CNCC2(O)CCN(C(=O)OC(C)(C)C)CC2)O[C@@H]1C1[C@@H](NC(=O)OC(C)(C)C)C[C@@H](NC(=O)[C@@H](O)CCNC(=O)OC(C)(C)C)[C@H](O[C@H]2OC[C@](C)(O)[C@H](N(C)C(=O)OC(C)(C)C)[C@H]2O)[C@H]1O. The van der Waals surface area contributed by atoms with E-state index in [2.05, 4.69) is 33.2 Å². The number of amides is 6. The zero-order valence-corrected chi connectivity index (χ0v) is 48.8. The van der Waals surface area contributed by atoms with Crippen molar-refractivity contribution in [2.24, 2.45) is 5.92 Å². The van der Waals surface area contributed by atoms with Gasteiger partial charge in [-0.15, -0.1) is 0 Å². The molecule has 4 aliphatic rings. The van der Waals surface area contributed by atoms with Gasteiger partial charge in [0.25, 0.3) is 0 Å². The van der Waals surface area contributed by atoms with Crippen molar-refractivity contribution in [1.82, 2.24) is 36.4 Å². The summed E-state index contributed by atoms with van der Waals surface area (Å²) in [6.07, 6.45) is -12.6. The summed E-state index contributed by atoms with van der Waals surface area (Å²) in [7, 11) is 1.31. The largest absolute Gasteiger partial charge is 0.491 e. The summed E-state index contributed by atoms with van der Waals surface area (Å²) in [6.45, 7) is 26.4. The number of likely N-dealkylation sites (N-methyl/N-ethyl adjacent to an activating group) is 1. The van der Waals surface area contributed by atoms with Crippen molar-refractivity contribution in [2.45, 2.75) is 224 Å². The highest BCUT2D eigenvalue weighted by Gasteiger charge is 2.57. The highest BCUT2D eigenvalue weighted by molar-refractivity contribution is 5.81. The number of allylic oxidation sites excluding steroid dienone is 1. The number of nitrogens with one attached hydrogen (secondary N) is 5. The van der Waals surface area contributed by atoms with Crippen molar-refractivity contribution >= 4 is 36.4 Å². The lowest BCUT2D eigenvalue weighted by atomic mass is 9.72. The van der Waals surface area contributed by atoms with Crippen molar-refractivity contribution in [3.8, 4) is 0 Å². The molecule has 0 radical (unpaired) electrons. The Hall–Kier alpha value is -5.22. The van der Waals surface area contributed by atoms with Gasteiger partial charge in [0.1, 0.15) is 58.2 Å². The number of aliphatic hydroxyl groups is 5. The van der Waals surface area contributed by atoms with Crippen molar-refractivity contribution in [2.75, 3.05) is 46.4 Å². The molecule has 26 nitrogen and oxygen atoms in total. The van der Waals surface area contributed by atoms with Crippen molar-refractivity contribution in [3.63, 3.8) is 0 Å². The van der Waals surface area contributed by atoms with E-state index in [1.807, 2.05) is 0 Å². The predicted molar refractivity (Wildman–Crippen MR) is 284 cm³/mol. The van der Waals surface area contributed by atoms with Crippen LogP contribution in [0.2, 0.25) is 0 Å². The average Bonchev–Trinajstić information content (AvgIpc) is 3.27. The number of carbonyl (C=O) groups excluding carboxylic acids is 6. The van der Waals surface area contributed by atoms with E-state index in [9.17, 15) is 54.3 Å². The highest BCUT2D eigenvalue weighted by Crippen LogP contribution is 2.39. The first-order valence-electron chi connectivity index (χ1n) is 26.8. The lowest BCUT2D eigenvalue weighted by Crippen LogP contribution is -2.71. The molecule has 1 aliphatic carbocycles. The smallest absolute Gasteiger partial charge is 0.412 e. The van der Waals surface area contributed by atoms with Gasteiger partial charge in [0, 0.05) is 45.2 Å². The Balaban J connectivity index is 1.75. The Morgan fingerprint density at radius 3 is 1.95 bits per heavy atom. The Kier molecular flexibility index (Phi) is 22.3. The van der Waals surface area contributed by atoms with Gasteiger partial charge in [0.2, 0.25) is 5.91 Å².